The van der Waals surface area contributed by atoms with Gasteiger partial charge in [-0.05, 0) is 38.8 Å². The molecular weight excluding hydrogens is 418 g/mol. The zero-order chi connectivity index (χ0) is 22.8. The van der Waals surface area contributed by atoms with Crippen LogP contribution in [-0.2, 0) is 9.53 Å². The van der Waals surface area contributed by atoms with Crippen molar-refractivity contribution in [3.8, 4) is 10.4 Å². The average molecular weight is 448 g/mol. The minimum atomic E-state index is -0.863. The third-order valence-corrected chi connectivity index (χ3v) is 6.01. The van der Waals surface area contributed by atoms with Crippen molar-refractivity contribution >= 4 is 23.3 Å². The largest absolute Gasteiger partial charge is 0.444 e. The van der Waals surface area contributed by atoms with Crippen LogP contribution in [-0.4, -0.2) is 63.0 Å². The van der Waals surface area contributed by atoms with Crippen LogP contribution in [0.15, 0.2) is 29.8 Å². The lowest BCUT2D eigenvalue weighted by atomic mass is 10.0. The van der Waals surface area contributed by atoms with Gasteiger partial charge in [-0.15, -0.1) is 11.3 Å². The van der Waals surface area contributed by atoms with Gasteiger partial charge in [-0.2, -0.15) is 0 Å². The smallest absolute Gasteiger partial charge is 0.411 e. The van der Waals surface area contributed by atoms with E-state index >= 15 is 0 Å². The first kappa shape index (κ1) is 23.2. The topological polar surface area (TPSA) is 112 Å². The van der Waals surface area contributed by atoms with E-state index in [-0.39, 0.29) is 19.6 Å². The Morgan fingerprint density at radius 2 is 2.00 bits per heavy atom. The van der Waals surface area contributed by atoms with Crippen LogP contribution in [0.5, 0.6) is 0 Å². The number of amides is 2. The second-order valence-electron chi connectivity index (χ2n) is 8.67. The first-order chi connectivity index (χ1) is 14.6. The summed E-state index contributed by atoms with van der Waals surface area (Å²) >= 11 is 1.55. The summed E-state index contributed by atoms with van der Waals surface area (Å²) in [4.78, 5) is 32.0. The van der Waals surface area contributed by atoms with Crippen molar-refractivity contribution in [3.05, 3.63) is 41.0 Å². The van der Waals surface area contributed by atoms with Crippen molar-refractivity contribution in [2.45, 2.75) is 57.9 Å². The summed E-state index contributed by atoms with van der Waals surface area (Å²) in [6.07, 6.45) is -1.33. The lowest BCUT2D eigenvalue weighted by molar-refractivity contribution is -0.126. The Morgan fingerprint density at radius 1 is 1.32 bits per heavy atom. The Labute approximate surface area is 185 Å². The zero-order valence-corrected chi connectivity index (χ0v) is 19.0. The van der Waals surface area contributed by atoms with Gasteiger partial charge < -0.3 is 20.3 Å². The number of nitrogens with zero attached hydrogens (tertiary/aromatic N) is 2. The monoisotopic (exact) mass is 447 g/mol. The zero-order valence-electron chi connectivity index (χ0n) is 18.2. The van der Waals surface area contributed by atoms with Crippen LogP contribution in [0.1, 0.15) is 44.5 Å². The first-order valence-corrected chi connectivity index (χ1v) is 11.1. The van der Waals surface area contributed by atoms with Crippen molar-refractivity contribution in [3.63, 3.8) is 0 Å². The number of carbonyl (C=O) groups excluding carboxylic acids is 2. The van der Waals surface area contributed by atoms with E-state index in [1.54, 1.807) is 37.6 Å². The van der Waals surface area contributed by atoms with Crippen LogP contribution in [0.25, 0.3) is 10.4 Å². The molecule has 8 nitrogen and oxygen atoms in total. The minimum absolute atomic E-state index is 0.0275. The van der Waals surface area contributed by atoms with Crippen LogP contribution < -0.4 is 5.32 Å². The number of carbonyl (C=O) groups is 2. The third kappa shape index (κ3) is 5.61. The molecule has 1 aliphatic heterocycles. The van der Waals surface area contributed by atoms with E-state index in [4.69, 9.17) is 4.74 Å². The second-order valence-corrected chi connectivity index (χ2v) is 9.53. The molecule has 1 fully saturated rings. The van der Waals surface area contributed by atoms with Crippen molar-refractivity contribution in [1.29, 1.82) is 0 Å². The van der Waals surface area contributed by atoms with E-state index in [9.17, 15) is 19.8 Å². The lowest BCUT2D eigenvalue weighted by Crippen LogP contribution is -2.48. The highest BCUT2D eigenvalue weighted by atomic mass is 32.1. The molecule has 0 radical (unpaired) electrons. The van der Waals surface area contributed by atoms with Gasteiger partial charge in [0.1, 0.15) is 11.6 Å². The minimum Gasteiger partial charge on any atom is -0.444 e. The number of ether oxygens (including phenoxy) is 1. The van der Waals surface area contributed by atoms with Crippen molar-refractivity contribution in [2.24, 2.45) is 0 Å². The number of likely N-dealkylation sites (tertiary alicyclic amines) is 1. The van der Waals surface area contributed by atoms with Gasteiger partial charge in [0.2, 0.25) is 5.91 Å². The highest BCUT2D eigenvalue weighted by Gasteiger charge is 2.41. The molecule has 3 N–H and O–H groups in total. The molecule has 3 atom stereocenters. The summed E-state index contributed by atoms with van der Waals surface area (Å²) in [5, 5.41) is 22.7. The number of aliphatic hydroxyl groups is 2. The molecule has 0 bridgehead atoms. The number of nitrogens with one attached hydrogen (secondary N) is 1. The molecular formula is C22H29N3O5S. The maximum absolute atomic E-state index is 12.9. The van der Waals surface area contributed by atoms with Crippen LogP contribution >= 0.6 is 11.3 Å². The molecule has 1 aromatic carbocycles. The van der Waals surface area contributed by atoms with E-state index < -0.39 is 35.8 Å². The molecule has 0 aliphatic carbocycles. The molecule has 3 rings (SSSR count). The Balaban J connectivity index is 1.71. The number of aryl methyl sites for hydroxylation is 1. The molecule has 1 aliphatic rings. The summed E-state index contributed by atoms with van der Waals surface area (Å²) in [6.45, 7) is 6.90. The number of hydrogen-bond donors (Lipinski definition) is 3. The maximum atomic E-state index is 12.9. The van der Waals surface area contributed by atoms with E-state index in [1.807, 2.05) is 31.2 Å². The summed E-state index contributed by atoms with van der Waals surface area (Å²) in [7, 11) is 0. The predicted molar refractivity (Wildman–Crippen MR) is 118 cm³/mol. The Morgan fingerprint density at radius 3 is 2.55 bits per heavy atom. The highest BCUT2D eigenvalue weighted by molar-refractivity contribution is 7.13. The summed E-state index contributed by atoms with van der Waals surface area (Å²) in [5.74, 6) is -0.441. The molecule has 168 valence electrons. The van der Waals surface area contributed by atoms with Gasteiger partial charge in [-0.1, -0.05) is 24.3 Å². The number of hydrogen-bond acceptors (Lipinski definition) is 7. The van der Waals surface area contributed by atoms with Gasteiger partial charge in [0.25, 0.3) is 0 Å². The molecule has 0 saturated carbocycles. The van der Waals surface area contributed by atoms with E-state index in [0.29, 0.717) is 0 Å². The summed E-state index contributed by atoms with van der Waals surface area (Å²) < 4.78 is 5.37. The van der Waals surface area contributed by atoms with Crippen molar-refractivity contribution in [2.75, 3.05) is 13.2 Å². The molecule has 1 saturated heterocycles. The number of benzene rings is 1. The predicted octanol–water partition coefficient (Wildman–Crippen LogP) is 2.64. The van der Waals surface area contributed by atoms with E-state index in [2.05, 4.69) is 10.3 Å². The molecule has 1 aromatic heterocycles. The third-order valence-electron chi connectivity index (χ3n) is 5.03. The van der Waals surface area contributed by atoms with Crippen LogP contribution in [0.4, 0.5) is 4.79 Å². The van der Waals surface area contributed by atoms with Crippen molar-refractivity contribution in [1.82, 2.24) is 15.2 Å². The fraction of sp³-hybridized carbons (Fsp3) is 0.500. The summed E-state index contributed by atoms with van der Waals surface area (Å²) in [5.41, 5.74) is 3.79. The molecule has 2 aromatic rings. The van der Waals surface area contributed by atoms with Gasteiger partial charge in [-0.25, -0.2) is 9.78 Å². The molecule has 0 spiro atoms. The van der Waals surface area contributed by atoms with Crippen LogP contribution in [0.2, 0.25) is 0 Å². The number of β-amino-alcohol motifs (C(OH)–C–C–N with tert-alkyl or cyclic N) is 1. The Hall–Kier alpha value is -2.49. The molecule has 2 unspecified atom stereocenters. The lowest BCUT2D eigenvalue weighted by Gasteiger charge is -2.28. The molecule has 2 amide bonds. The highest BCUT2D eigenvalue weighted by Crippen LogP contribution is 2.28. The Bertz CT molecular complexity index is 922. The number of aromatic nitrogens is 1. The van der Waals surface area contributed by atoms with Crippen LogP contribution in [0.3, 0.4) is 0 Å². The van der Waals surface area contributed by atoms with Gasteiger partial charge in [-0.3, -0.25) is 9.69 Å². The fourth-order valence-corrected chi connectivity index (χ4v) is 4.34. The van der Waals surface area contributed by atoms with Gasteiger partial charge in [0, 0.05) is 6.42 Å². The molecule has 2 heterocycles. The average Bonchev–Trinajstić information content (AvgIpc) is 3.30. The Kier molecular flexibility index (Phi) is 6.98. The summed E-state index contributed by atoms with van der Waals surface area (Å²) in [6, 6.07) is 6.06. The van der Waals surface area contributed by atoms with Crippen LogP contribution in [0, 0.1) is 6.92 Å². The fourth-order valence-electron chi connectivity index (χ4n) is 3.53. The quantitative estimate of drug-likeness (QED) is 0.650. The van der Waals surface area contributed by atoms with Crippen molar-refractivity contribution < 1.29 is 24.5 Å². The normalized spacial score (nSPS) is 19.9. The SMILES string of the molecule is Cc1ncsc1-c1ccc([C@H](CO)NC(=O)C2CC(O)CN2C(=O)OC(C)(C)C)cc1. The number of aliphatic hydroxyl groups excluding tert-OH is 2. The molecule has 9 heteroatoms. The number of rotatable bonds is 5. The van der Waals surface area contributed by atoms with Gasteiger partial charge >= 0.3 is 6.09 Å². The first-order valence-electron chi connectivity index (χ1n) is 10.2. The standard InChI is InChI=1S/C22H29N3O5S/c1-13-19(31-12-23-13)15-7-5-14(6-8-15)17(11-26)24-20(28)18-9-16(27)10-25(18)21(29)30-22(2,3)4/h5-8,12,16-18,26-27H,9-11H2,1-4H3,(H,24,28)/t16?,17-,18?/m0/s1. The molecule has 31 heavy (non-hydrogen) atoms. The van der Waals surface area contributed by atoms with Gasteiger partial charge in [0.15, 0.2) is 0 Å². The number of thiazole rings is 1. The van der Waals surface area contributed by atoms with Gasteiger partial charge in [0.05, 0.1) is 41.4 Å². The second kappa shape index (κ2) is 9.33. The van der Waals surface area contributed by atoms with E-state index in [1.165, 1.54) is 4.90 Å². The van der Waals surface area contributed by atoms with E-state index in [0.717, 1.165) is 21.7 Å². The maximum Gasteiger partial charge on any atom is 0.411 e.